The summed E-state index contributed by atoms with van der Waals surface area (Å²) in [5.41, 5.74) is 7.93. The van der Waals surface area contributed by atoms with E-state index in [4.69, 9.17) is 10.7 Å². The molecule has 0 radical (unpaired) electrons. The van der Waals surface area contributed by atoms with Crippen LogP contribution in [0.4, 0.5) is 0 Å². The zero-order valence-electron chi connectivity index (χ0n) is 9.98. The summed E-state index contributed by atoms with van der Waals surface area (Å²) in [6.45, 7) is 5.09. The Morgan fingerprint density at radius 3 is 2.88 bits per heavy atom. The lowest BCUT2D eigenvalue weighted by molar-refractivity contribution is 0.618. The van der Waals surface area contributed by atoms with E-state index in [1.165, 1.54) is 5.52 Å². The van der Waals surface area contributed by atoms with Crippen molar-refractivity contribution >= 4 is 5.52 Å². The number of hydrogen-bond donors (Lipinski definition) is 1. The van der Waals surface area contributed by atoms with Crippen LogP contribution in [0.2, 0.25) is 0 Å². The van der Waals surface area contributed by atoms with Gasteiger partial charge < -0.3 is 10.1 Å². The number of nitrogens with two attached hydrogens (primary N) is 1. The molecule has 0 aromatic carbocycles. The Bertz CT molecular complexity index is 471. The summed E-state index contributed by atoms with van der Waals surface area (Å²) < 4.78 is 2.19. The van der Waals surface area contributed by atoms with Crippen LogP contribution in [0, 0.1) is 5.92 Å². The first-order chi connectivity index (χ1) is 7.72. The van der Waals surface area contributed by atoms with Crippen molar-refractivity contribution in [3.05, 3.63) is 35.9 Å². The Hall–Kier alpha value is -1.35. The van der Waals surface area contributed by atoms with Gasteiger partial charge >= 0.3 is 0 Å². The summed E-state index contributed by atoms with van der Waals surface area (Å²) in [7, 11) is 0. The second-order valence-electron chi connectivity index (χ2n) is 4.57. The first kappa shape index (κ1) is 11.1. The molecular weight excluding hydrogens is 198 g/mol. The monoisotopic (exact) mass is 217 g/mol. The van der Waals surface area contributed by atoms with E-state index in [1.807, 2.05) is 6.07 Å². The summed E-state index contributed by atoms with van der Waals surface area (Å²) in [5.74, 6) is 1.77. The molecule has 2 aromatic rings. The minimum atomic E-state index is 0.622. The fourth-order valence-corrected chi connectivity index (χ4v) is 2.00. The lowest BCUT2D eigenvalue weighted by Crippen LogP contribution is -2.03. The molecule has 0 fully saturated rings. The molecule has 86 valence electrons. The smallest absolute Gasteiger partial charge is 0.113 e. The molecular formula is C13H19N3. The summed E-state index contributed by atoms with van der Waals surface area (Å²) in [6.07, 6.45) is 3.95. The molecule has 0 aliphatic carbocycles. The maximum atomic E-state index is 5.61. The third kappa shape index (κ3) is 2.09. The molecule has 0 saturated heterocycles. The Labute approximate surface area is 96.3 Å². The van der Waals surface area contributed by atoms with Crippen LogP contribution >= 0.6 is 0 Å². The zero-order valence-corrected chi connectivity index (χ0v) is 9.98. The fourth-order valence-electron chi connectivity index (χ4n) is 2.00. The molecule has 0 unspecified atom stereocenters. The number of nitrogens with zero attached hydrogens (tertiary/aromatic N) is 2. The summed E-state index contributed by atoms with van der Waals surface area (Å²) in [6, 6.07) is 6.21. The molecule has 3 nitrogen and oxygen atoms in total. The van der Waals surface area contributed by atoms with Crippen molar-refractivity contribution in [3.63, 3.8) is 0 Å². The quantitative estimate of drug-likeness (QED) is 0.851. The SMILES string of the molecule is CC(C)Cc1nc(CCN)c2ccccn12. The van der Waals surface area contributed by atoms with Gasteiger partial charge in [0.1, 0.15) is 5.82 Å². The van der Waals surface area contributed by atoms with Crippen molar-refractivity contribution in [2.75, 3.05) is 6.54 Å². The molecule has 3 heteroatoms. The van der Waals surface area contributed by atoms with E-state index in [-0.39, 0.29) is 0 Å². The summed E-state index contributed by atoms with van der Waals surface area (Å²) >= 11 is 0. The number of fused-ring (bicyclic) bond motifs is 1. The number of pyridine rings is 1. The van der Waals surface area contributed by atoms with Crippen molar-refractivity contribution in [2.24, 2.45) is 11.7 Å². The maximum Gasteiger partial charge on any atom is 0.113 e. The highest BCUT2D eigenvalue weighted by atomic mass is 15.0. The molecule has 2 rings (SSSR count). The van der Waals surface area contributed by atoms with Gasteiger partial charge in [-0.3, -0.25) is 0 Å². The van der Waals surface area contributed by atoms with Crippen LogP contribution in [-0.2, 0) is 12.8 Å². The average Bonchev–Trinajstić information content (AvgIpc) is 2.58. The Balaban J connectivity index is 2.48. The highest BCUT2D eigenvalue weighted by Crippen LogP contribution is 2.15. The van der Waals surface area contributed by atoms with Gasteiger partial charge in [-0.2, -0.15) is 0 Å². The molecule has 2 N–H and O–H groups in total. The Morgan fingerprint density at radius 1 is 1.38 bits per heavy atom. The lowest BCUT2D eigenvalue weighted by atomic mass is 10.1. The fraction of sp³-hybridized carbons (Fsp3) is 0.462. The third-order valence-corrected chi connectivity index (χ3v) is 2.67. The van der Waals surface area contributed by atoms with Crippen LogP contribution in [-0.4, -0.2) is 15.9 Å². The molecule has 16 heavy (non-hydrogen) atoms. The van der Waals surface area contributed by atoms with Crippen LogP contribution in [0.1, 0.15) is 25.4 Å². The number of imidazole rings is 1. The van der Waals surface area contributed by atoms with Gasteiger partial charge in [0.2, 0.25) is 0 Å². The standard InChI is InChI=1S/C13H19N3/c1-10(2)9-13-15-11(6-7-14)12-5-3-4-8-16(12)13/h3-5,8,10H,6-7,9,14H2,1-2H3. The van der Waals surface area contributed by atoms with Crippen LogP contribution < -0.4 is 5.73 Å². The van der Waals surface area contributed by atoms with Crippen LogP contribution in [0.5, 0.6) is 0 Å². The lowest BCUT2D eigenvalue weighted by Gasteiger charge is -2.03. The van der Waals surface area contributed by atoms with E-state index < -0.39 is 0 Å². The van der Waals surface area contributed by atoms with Crippen molar-refractivity contribution in [2.45, 2.75) is 26.7 Å². The third-order valence-electron chi connectivity index (χ3n) is 2.67. The molecule has 0 aliphatic heterocycles. The van der Waals surface area contributed by atoms with Gasteiger partial charge in [0, 0.05) is 19.0 Å². The Morgan fingerprint density at radius 2 is 2.19 bits per heavy atom. The minimum absolute atomic E-state index is 0.622. The van der Waals surface area contributed by atoms with E-state index >= 15 is 0 Å². The van der Waals surface area contributed by atoms with Gasteiger partial charge in [-0.15, -0.1) is 0 Å². The van der Waals surface area contributed by atoms with Crippen LogP contribution in [0.3, 0.4) is 0 Å². The predicted octanol–water partition coefficient (Wildman–Crippen LogP) is 2.03. The molecule has 0 aliphatic rings. The van der Waals surface area contributed by atoms with Crippen molar-refractivity contribution in [3.8, 4) is 0 Å². The number of aromatic nitrogens is 2. The van der Waals surface area contributed by atoms with Gasteiger partial charge in [0.15, 0.2) is 0 Å². The largest absolute Gasteiger partial charge is 0.330 e. The van der Waals surface area contributed by atoms with Crippen LogP contribution in [0.25, 0.3) is 5.52 Å². The number of hydrogen-bond acceptors (Lipinski definition) is 2. The highest BCUT2D eigenvalue weighted by molar-refractivity contribution is 5.53. The topological polar surface area (TPSA) is 43.3 Å². The van der Waals surface area contributed by atoms with E-state index in [1.54, 1.807) is 0 Å². The zero-order chi connectivity index (χ0) is 11.5. The predicted molar refractivity (Wildman–Crippen MR) is 66.5 cm³/mol. The first-order valence-corrected chi connectivity index (χ1v) is 5.87. The van der Waals surface area contributed by atoms with E-state index in [0.29, 0.717) is 12.5 Å². The first-order valence-electron chi connectivity index (χ1n) is 5.87. The van der Waals surface area contributed by atoms with E-state index in [9.17, 15) is 0 Å². The van der Waals surface area contributed by atoms with Gasteiger partial charge in [0.25, 0.3) is 0 Å². The Kier molecular flexibility index (Phi) is 3.25. The van der Waals surface area contributed by atoms with Crippen molar-refractivity contribution in [1.82, 2.24) is 9.38 Å². The molecule has 0 bridgehead atoms. The van der Waals surface area contributed by atoms with E-state index in [2.05, 4.69) is 36.6 Å². The average molecular weight is 217 g/mol. The van der Waals surface area contributed by atoms with E-state index in [0.717, 1.165) is 24.4 Å². The highest BCUT2D eigenvalue weighted by Gasteiger charge is 2.10. The normalized spacial score (nSPS) is 11.5. The van der Waals surface area contributed by atoms with Crippen LogP contribution in [0.15, 0.2) is 24.4 Å². The van der Waals surface area contributed by atoms with Crippen molar-refractivity contribution in [1.29, 1.82) is 0 Å². The summed E-state index contributed by atoms with van der Waals surface area (Å²) in [4.78, 5) is 4.70. The van der Waals surface area contributed by atoms with Gasteiger partial charge in [-0.25, -0.2) is 4.98 Å². The molecule has 0 atom stereocenters. The molecule has 0 spiro atoms. The van der Waals surface area contributed by atoms with Crippen molar-refractivity contribution < 1.29 is 0 Å². The number of rotatable bonds is 4. The minimum Gasteiger partial charge on any atom is -0.330 e. The van der Waals surface area contributed by atoms with Gasteiger partial charge in [-0.05, 0) is 24.6 Å². The molecule has 2 heterocycles. The van der Waals surface area contributed by atoms with Gasteiger partial charge in [-0.1, -0.05) is 19.9 Å². The summed E-state index contributed by atoms with van der Waals surface area (Å²) in [5, 5.41) is 0. The molecule has 0 saturated carbocycles. The maximum absolute atomic E-state index is 5.61. The second-order valence-corrected chi connectivity index (χ2v) is 4.57. The molecule has 2 aromatic heterocycles. The molecule has 0 amide bonds. The van der Waals surface area contributed by atoms with Gasteiger partial charge in [0.05, 0.1) is 11.2 Å². The second kappa shape index (κ2) is 4.66.